The molecule has 0 bridgehead atoms. The monoisotopic (exact) mass is 393 g/mol. The van der Waals surface area contributed by atoms with Crippen molar-refractivity contribution in [3.05, 3.63) is 23.3 Å². The Kier molecular flexibility index (Phi) is 7.07. The standard InChI is InChI=1S/C18H23N3O7/c1-11(22)19-14-8-12-13(18(26)21(17(12)25)10-16(23)24)9-15(14)28-7-6-27-5-4-20(2)3/h8-9H,4-7,10H2,1-3H3,(H,19,22)(H,23,24). The van der Waals surface area contributed by atoms with Gasteiger partial charge in [-0.1, -0.05) is 0 Å². The first kappa shape index (κ1) is 21.3. The van der Waals surface area contributed by atoms with Crippen molar-refractivity contribution in [2.45, 2.75) is 6.92 Å². The summed E-state index contributed by atoms with van der Waals surface area (Å²) in [5.41, 5.74) is 0.270. The molecule has 0 aromatic heterocycles. The Morgan fingerprint density at radius 1 is 1.11 bits per heavy atom. The molecule has 152 valence electrons. The summed E-state index contributed by atoms with van der Waals surface area (Å²) in [6.07, 6.45) is 0. The molecule has 0 saturated heterocycles. The summed E-state index contributed by atoms with van der Waals surface area (Å²) in [6, 6.07) is 2.66. The molecular formula is C18H23N3O7. The first-order valence-electron chi connectivity index (χ1n) is 8.59. The number of nitrogens with one attached hydrogen (secondary N) is 1. The highest BCUT2D eigenvalue weighted by Gasteiger charge is 2.38. The number of carbonyl (C=O) groups excluding carboxylic acids is 3. The number of benzene rings is 1. The van der Waals surface area contributed by atoms with Crippen LogP contribution in [0.2, 0.25) is 0 Å². The number of anilines is 1. The number of hydrogen-bond donors (Lipinski definition) is 2. The molecule has 1 aliphatic heterocycles. The molecule has 3 amide bonds. The van der Waals surface area contributed by atoms with Gasteiger partial charge in [-0.3, -0.25) is 24.1 Å². The molecular weight excluding hydrogens is 370 g/mol. The molecule has 0 radical (unpaired) electrons. The molecule has 0 spiro atoms. The van der Waals surface area contributed by atoms with Gasteiger partial charge in [0, 0.05) is 13.5 Å². The number of imide groups is 1. The Balaban J connectivity index is 2.16. The summed E-state index contributed by atoms with van der Waals surface area (Å²) < 4.78 is 11.0. The summed E-state index contributed by atoms with van der Waals surface area (Å²) in [5.74, 6) is -2.94. The highest BCUT2D eigenvalue weighted by molar-refractivity contribution is 6.23. The molecule has 1 heterocycles. The average molecular weight is 393 g/mol. The zero-order chi connectivity index (χ0) is 20.8. The van der Waals surface area contributed by atoms with Gasteiger partial charge in [0.25, 0.3) is 11.8 Å². The lowest BCUT2D eigenvalue weighted by Crippen LogP contribution is -2.34. The van der Waals surface area contributed by atoms with Crippen molar-refractivity contribution in [3.63, 3.8) is 0 Å². The van der Waals surface area contributed by atoms with Crippen LogP contribution in [0.1, 0.15) is 27.6 Å². The maximum Gasteiger partial charge on any atom is 0.323 e. The van der Waals surface area contributed by atoms with E-state index in [1.165, 1.54) is 19.1 Å². The zero-order valence-electron chi connectivity index (χ0n) is 16.0. The summed E-state index contributed by atoms with van der Waals surface area (Å²) in [5, 5.41) is 11.4. The van der Waals surface area contributed by atoms with E-state index in [0.717, 1.165) is 6.54 Å². The topological polar surface area (TPSA) is 125 Å². The van der Waals surface area contributed by atoms with E-state index in [-0.39, 0.29) is 35.1 Å². The number of likely N-dealkylation sites (N-methyl/N-ethyl adjacent to an activating group) is 1. The molecule has 1 aromatic rings. The molecule has 2 N–H and O–H groups in total. The third-order valence-corrected chi connectivity index (χ3v) is 3.84. The number of amides is 3. The number of carbonyl (C=O) groups is 4. The Morgan fingerprint density at radius 3 is 2.32 bits per heavy atom. The zero-order valence-corrected chi connectivity index (χ0v) is 16.0. The van der Waals surface area contributed by atoms with Crippen LogP contribution in [0.15, 0.2) is 12.1 Å². The van der Waals surface area contributed by atoms with Crippen LogP contribution in [0.5, 0.6) is 5.75 Å². The Labute approximate surface area is 162 Å². The van der Waals surface area contributed by atoms with Gasteiger partial charge in [-0.05, 0) is 26.2 Å². The highest BCUT2D eigenvalue weighted by atomic mass is 16.5. The van der Waals surface area contributed by atoms with Gasteiger partial charge in [-0.15, -0.1) is 0 Å². The van der Waals surface area contributed by atoms with Crippen molar-refractivity contribution in [1.82, 2.24) is 9.80 Å². The molecule has 10 nitrogen and oxygen atoms in total. The number of hydrogen-bond acceptors (Lipinski definition) is 7. The first-order valence-corrected chi connectivity index (χ1v) is 8.59. The molecule has 1 aliphatic rings. The second-order valence-corrected chi connectivity index (χ2v) is 6.43. The summed E-state index contributed by atoms with van der Waals surface area (Å²) >= 11 is 0. The van der Waals surface area contributed by atoms with Crippen LogP contribution in [0, 0.1) is 0 Å². The number of fused-ring (bicyclic) bond motifs is 1. The number of aliphatic carboxylic acids is 1. The van der Waals surface area contributed by atoms with E-state index in [9.17, 15) is 19.2 Å². The number of carboxylic acids is 1. The molecule has 2 rings (SSSR count). The van der Waals surface area contributed by atoms with Gasteiger partial charge in [0.15, 0.2) is 0 Å². The van der Waals surface area contributed by atoms with Gasteiger partial charge in [-0.25, -0.2) is 0 Å². The van der Waals surface area contributed by atoms with Gasteiger partial charge in [-0.2, -0.15) is 0 Å². The second-order valence-electron chi connectivity index (χ2n) is 6.43. The van der Waals surface area contributed by atoms with Gasteiger partial charge < -0.3 is 24.8 Å². The lowest BCUT2D eigenvalue weighted by atomic mass is 10.1. The van der Waals surface area contributed by atoms with Crippen molar-refractivity contribution in [3.8, 4) is 5.75 Å². The molecule has 0 atom stereocenters. The van der Waals surface area contributed by atoms with Crippen molar-refractivity contribution in [2.24, 2.45) is 0 Å². The minimum absolute atomic E-state index is 0.0181. The van der Waals surface area contributed by atoms with Crippen LogP contribution in [0.4, 0.5) is 5.69 Å². The SMILES string of the molecule is CC(=O)Nc1cc2c(cc1OCCOCCN(C)C)C(=O)N(CC(=O)O)C2=O. The lowest BCUT2D eigenvalue weighted by molar-refractivity contribution is -0.137. The van der Waals surface area contributed by atoms with Crippen LogP contribution in [0.25, 0.3) is 0 Å². The maximum atomic E-state index is 12.4. The van der Waals surface area contributed by atoms with E-state index >= 15 is 0 Å². The fourth-order valence-corrected chi connectivity index (χ4v) is 2.56. The van der Waals surface area contributed by atoms with Crippen LogP contribution >= 0.6 is 0 Å². The molecule has 0 unspecified atom stereocenters. The van der Waals surface area contributed by atoms with Crippen molar-refractivity contribution in [1.29, 1.82) is 0 Å². The normalized spacial score (nSPS) is 13.1. The second kappa shape index (κ2) is 9.29. The molecule has 28 heavy (non-hydrogen) atoms. The molecule has 0 saturated carbocycles. The summed E-state index contributed by atoms with van der Waals surface area (Å²) in [6.45, 7) is 2.30. The maximum absolute atomic E-state index is 12.4. The highest BCUT2D eigenvalue weighted by Crippen LogP contribution is 2.33. The third kappa shape index (κ3) is 5.27. The van der Waals surface area contributed by atoms with Gasteiger partial charge in [0.2, 0.25) is 5.91 Å². The third-order valence-electron chi connectivity index (χ3n) is 3.84. The van der Waals surface area contributed by atoms with Crippen LogP contribution < -0.4 is 10.1 Å². The predicted octanol–water partition coefficient (Wildman–Crippen LogP) is 0.283. The molecule has 0 aliphatic carbocycles. The summed E-state index contributed by atoms with van der Waals surface area (Å²) in [4.78, 5) is 49.7. The van der Waals surface area contributed by atoms with E-state index in [1.807, 2.05) is 19.0 Å². The van der Waals surface area contributed by atoms with Crippen LogP contribution in [-0.2, 0) is 14.3 Å². The van der Waals surface area contributed by atoms with Crippen molar-refractivity contribution < 1.29 is 33.8 Å². The number of ether oxygens (including phenoxy) is 2. The largest absolute Gasteiger partial charge is 0.489 e. The fourth-order valence-electron chi connectivity index (χ4n) is 2.56. The average Bonchev–Trinajstić information content (AvgIpc) is 2.81. The van der Waals surface area contributed by atoms with Gasteiger partial charge in [0.1, 0.15) is 18.9 Å². The summed E-state index contributed by atoms with van der Waals surface area (Å²) in [7, 11) is 3.85. The van der Waals surface area contributed by atoms with E-state index in [0.29, 0.717) is 18.1 Å². The van der Waals surface area contributed by atoms with Crippen molar-refractivity contribution in [2.75, 3.05) is 52.3 Å². The smallest absolute Gasteiger partial charge is 0.323 e. The Morgan fingerprint density at radius 2 is 1.75 bits per heavy atom. The van der Waals surface area contributed by atoms with E-state index in [4.69, 9.17) is 14.6 Å². The van der Waals surface area contributed by atoms with E-state index in [2.05, 4.69) is 5.32 Å². The number of nitrogens with zero attached hydrogens (tertiary/aromatic N) is 2. The molecule has 0 fully saturated rings. The van der Waals surface area contributed by atoms with Crippen LogP contribution in [-0.4, -0.2) is 85.6 Å². The Hall–Kier alpha value is -2.98. The predicted molar refractivity (Wildman–Crippen MR) is 98.6 cm³/mol. The minimum Gasteiger partial charge on any atom is -0.489 e. The quantitative estimate of drug-likeness (QED) is 0.429. The van der Waals surface area contributed by atoms with Gasteiger partial charge >= 0.3 is 5.97 Å². The van der Waals surface area contributed by atoms with Crippen LogP contribution in [0.3, 0.4) is 0 Å². The van der Waals surface area contributed by atoms with E-state index in [1.54, 1.807) is 0 Å². The van der Waals surface area contributed by atoms with Crippen molar-refractivity contribution >= 4 is 29.4 Å². The number of carboxylic acid groups (broad SMARTS) is 1. The van der Waals surface area contributed by atoms with E-state index < -0.39 is 24.3 Å². The first-order chi connectivity index (χ1) is 13.2. The number of rotatable bonds is 10. The molecule has 1 aromatic carbocycles. The van der Waals surface area contributed by atoms with Gasteiger partial charge in [0.05, 0.1) is 30.0 Å². The minimum atomic E-state index is -1.30. The fraction of sp³-hybridized carbons (Fsp3) is 0.444. The molecule has 10 heteroatoms. The Bertz CT molecular complexity index is 792. The lowest BCUT2D eigenvalue weighted by Gasteiger charge is -2.14.